The molecule has 0 unspecified atom stereocenters. The highest BCUT2D eigenvalue weighted by atomic mass is 16.6. The van der Waals surface area contributed by atoms with Crippen LogP contribution in [-0.4, -0.2) is 30.1 Å². The molecule has 1 aliphatic carbocycles. The van der Waals surface area contributed by atoms with Gasteiger partial charge >= 0.3 is 11.9 Å². The van der Waals surface area contributed by atoms with Crippen molar-refractivity contribution in [3.05, 3.63) is 65.7 Å². The van der Waals surface area contributed by atoms with Crippen molar-refractivity contribution in [2.24, 2.45) is 0 Å². The fourth-order valence-corrected chi connectivity index (χ4v) is 3.66. The summed E-state index contributed by atoms with van der Waals surface area (Å²) in [5.41, 5.74) is 0.640. The van der Waals surface area contributed by atoms with E-state index in [1.165, 1.54) is 0 Å². The molecule has 1 saturated carbocycles. The minimum atomic E-state index is -1.16. The van der Waals surface area contributed by atoms with E-state index >= 15 is 0 Å². The second-order valence-electron chi connectivity index (χ2n) is 7.44. The van der Waals surface area contributed by atoms with Crippen LogP contribution in [0, 0.1) is 0 Å². The average molecular weight is 409 g/mol. The third-order valence-corrected chi connectivity index (χ3v) is 5.23. The minimum absolute atomic E-state index is 0.129. The predicted molar refractivity (Wildman–Crippen MR) is 113 cm³/mol. The molecule has 0 spiro atoms. The summed E-state index contributed by atoms with van der Waals surface area (Å²) in [4.78, 5) is 37.5. The minimum Gasteiger partial charge on any atom is -0.462 e. The maximum absolute atomic E-state index is 13.1. The molecule has 0 aromatic heterocycles. The molecule has 158 valence electrons. The standard InChI is InChI=1S/C24H27NO5/c1-2-29-22(27)19-11-13-20(14-12-19)25-23(28)24(15-7-4-8-16-24)30-21(26)17-18-9-5-3-6-10-18/h3,5-6,9-14H,2,4,7-8,15-17H2,1H3,(H,25,28). The zero-order valence-electron chi connectivity index (χ0n) is 17.2. The predicted octanol–water partition coefficient (Wildman–Crippen LogP) is 4.29. The van der Waals surface area contributed by atoms with Crippen LogP contribution >= 0.6 is 0 Å². The number of hydrogen-bond acceptors (Lipinski definition) is 5. The number of carbonyl (C=O) groups is 3. The van der Waals surface area contributed by atoms with Crippen molar-refractivity contribution in [1.82, 2.24) is 0 Å². The van der Waals surface area contributed by atoms with Crippen molar-refractivity contribution in [3.8, 4) is 0 Å². The lowest BCUT2D eigenvalue weighted by Crippen LogP contribution is -2.48. The lowest BCUT2D eigenvalue weighted by Gasteiger charge is -2.35. The van der Waals surface area contributed by atoms with Gasteiger partial charge in [0.25, 0.3) is 5.91 Å². The van der Waals surface area contributed by atoms with Crippen molar-refractivity contribution in [1.29, 1.82) is 0 Å². The SMILES string of the molecule is CCOC(=O)c1ccc(NC(=O)C2(OC(=O)Cc3ccccc3)CCCCC2)cc1. The summed E-state index contributed by atoms with van der Waals surface area (Å²) < 4.78 is 10.8. The molecule has 1 amide bonds. The molecule has 6 heteroatoms. The molecule has 0 heterocycles. The van der Waals surface area contributed by atoms with Gasteiger partial charge in [0.15, 0.2) is 5.60 Å². The Hall–Kier alpha value is -3.15. The van der Waals surface area contributed by atoms with Gasteiger partial charge in [-0.25, -0.2) is 4.79 Å². The highest BCUT2D eigenvalue weighted by molar-refractivity contribution is 5.99. The molecule has 0 aliphatic heterocycles. The summed E-state index contributed by atoms with van der Waals surface area (Å²) >= 11 is 0. The van der Waals surface area contributed by atoms with E-state index in [1.54, 1.807) is 31.2 Å². The van der Waals surface area contributed by atoms with E-state index in [0.717, 1.165) is 24.8 Å². The Morgan fingerprint density at radius 3 is 2.23 bits per heavy atom. The zero-order valence-corrected chi connectivity index (χ0v) is 17.2. The van der Waals surface area contributed by atoms with Gasteiger partial charge in [0.2, 0.25) is 0 Å². The van der Waals surface area contributed by atoms with Crippen LogP contribution in [0.15, 0.2) is 54.6 Å². The molecule has 6 nitrogen and oxygen atoms in total. The summed E-state index contributed by atoms with van der Waals surface area (Å²) in [5.74, 6) is -1.14. The van der Waals surface area contributed by atoms with Gasteiger partial charge in [0, 0.05) is 5.69 Å². The van der Waals surface area contributed by atoms with Gasteiger partial charge in [-0.1, -0.05) is 36.8 Å². The number of ether oxygens (including phenoxy) is 2. The number of hydrogen-bond donors (Lipinski definition) is 1. The molecule has 1 N–H and O–H groups in total. The first kappa shape index (κ1) is 21.6. The Bertz CT molecular complexity index is 870. The van der Waals surface area contributed by atoms with Crippen LogP contribution in [0.3, 0.4) is 0 Å². The Morgan fingerprint density at radius 2 is 1.60 bits per heavy atom. The largest absolute Gasteiger partial charge is 0.462 e. The lowest BCUT2D eigenvalue weighted by molar-refractivity contribution is -0.169. The van der Waals surface area contributed by atoms with Crippen LogP contribution in [0.25, 0.3) is 0 Å². The van der Waals surface area contributed by atoms with E-state index in [2.05, 4.69) is 5.32 Å². The molecule has 2 aromatic rings. The van der Waals surface area contributed by atoms with Crippen molar-refractivity contribution < 1.29 is 23.9 Å². The first-order valence-corrected chi connectivity index (χ1v) is 10.4. The van der Waals surface area contributed by atoms with Crippen molar-refractivity contribution in [3.63, 3.8) is 0 Å². The smallest absolute Gasteiger partial charge is 0.338 e. The summed E-state index contributed by atoms with van der Waals surface area (Å²) in [6.45, 7) is 2.05. The molecule has 2 aromatic carbocycles. The molecule has 1 aliphatic rings. The van der Waals surface area contributed by atoms with Gasteiger partial charge in [-0.05, 0) is 62.4 Å². The molecule has 3 rings (SSSR count). The lowest BCUT2D eigenvalue weighted by atomic mass is 9.83. The van der Waals surface area contributed by atoms with Gasteiger partial charge < -0.3 is 14.8 Å². The Morgan fingerprint density at radius 1 is 0.933 bits per heavy atom. The number of carbonyl (C=O) groups excluding carboxylic acids is 3. The molecule has 0 atom stereocenters. The second kappa shape index (κ2) is 10.1. The van der Waals surface area contributed by atoms with Gasteiger partial charge in [-0.2, -0.15) is 0 Å². The molecule has 0 saturated heterocycles. The molecule has 0 radical (unpaired) electrons. The Kier molecular flexibility index (Phi) is 7.22. The number of amides is 1. The number of anilines is 1. The van der Waals surface area contributed by atoms with Crippen molar-refractivity contribution >= 4 is 23.5 Å². The fourth-order valence-electron chi connectivity index (χ4n) is 3.66. The quantitative estimate of drug-likeness (QED) is 0.690. The molecule has 1 fully saturated rings. The van der Waals surface area contributed by atoms with Crippen LogP contribution in [0.5, 0.6) is 0 Å². The summed E-state index contributed by atoms with van der Waals surface area (Å²) in [6.07, 6.45) is 3.80. The molecule has 0 bridgehead atoms. The topological polar surface area (TPSA) is 81.7 Å². The van der Waals surface area contributed by atoms with E-state index < -0.39 is 17.5 Å². The maximum atomic E-state index is 13.1. The van der Waals surface area contributed by atoms with Gasteiger partial charge in [0.05, 0.1) is 18.6 Å². The molecular formula is C24H27NO5. The van der Waals surface area contributed by atoms with Gasteiger partial charge in [0.1, 0.15) is 0 Å². The molecule has 30 heavy (non-hydrogen) atoms. The summed E-state index contributed by atoms with van der Waals surface area (Å²) in [6, 6.07) is 15.8. The van der Waals surface area contributed by atoms with E-state index in [9.17, 15) is 14.4 Å². The van der Waals surface area contributed by atoms with E-state index in [4.69, 9.17) is 9.47 Å². The number of esters is 2. The zero-order chi connectivity index (χ0) is 21.4. The Balaban J connectivity index is 1.69. The molecular weight excluding hydrogens is 382 g/mol. The Labute approximate surface area is 176 Å². The number of benzene rings is 2. The normalized spacial score (nSPS) is 15.1. The fraction of sp³-hybridized carbons (Fsp3) is 0.375. The van der Waals surface area contributed by atoms with Crippen LogP contribution in [-0.2, 0) is 25.5 Å². The van der Waals surface area contributed by atoms with Gasteiger partial charge in [-0.15, -0.1) is 0 Å². The van der Waals surface area contributed by atoms with E-state index in [1.807, 2.05) is 30.3 Å². The van der Waals surface area contributed by atoms with E-state index in [0.29, 0.717) is 30.7 Å². The summed E-state index contributed by atoms with van der Waals surface area (Å²) in [5, 5.41) is 2.85. The number of rotatable bonds is 7. The highest BCUT2D eigenvalue weighted by Crippen LogP contribution is 2.33. The van der Waals surface area contributed by atoms with Gasteiger partial charge in [-0.3, -0.25) is 9.59 Å². The summed E-state index contributed by atoms with van der Waals surface area (Å²) in [7, 11) is 0. The average Bonchev–Trinajstić information content (AvgIpc) is 2.75. The first-order chi connectivity index (χ1) is 14.5. The van der Waals surface area contributed by atoms with Crippen LogP contribution in [0.1, 0.15) is 54.9 Å². The number of nitrogens with one attached hydrogen (secondary N) is 1. The van der Waals surface area contributed by atoms with Crippen molar-refractivity contribution in [2.75, 3.05) is 11.9 Å². The highest BCUT2D eigenvalue weighted by Gasteiger charge is 2.43. The maximum Gasteiger partial charge on any atom is 0.338 e. The first-order valence-electron chi connectivity index (χ1n) is 10.4. The van der Waals surface area contributed by atoms with Crippen LogP contribution < -0.4 is 5.32 Å². The monoisotopic (exact) mass is 409 g/mol. The second-order valence-corrected chi connectivity index (χ2v) is 7.44. The van der Waals surface area contributed by atoms with E-state index in [-0.39, 0.29) is 12.3 Å². The third kappa shape index (κ3) is 5.47. The van der Waals surface area contributed by atoms with Crippen LogP contribution in [0.2, 0.25) is 0 Å². The van der Waals surface area contributed by atoms with Crippen LogP contribution in [0.4, 0.5) is 5.69 Å². The third-order valence-electron chi connectivity index (χ3n) is 5.23. The van der Waals surface area contributed by atoms with Crippen molar-refractivity contribution in [2.45, 2.75) is 51.0 Å².